The summed E-state index contributed by atoms with van der Waals surface area (Å²) in [6.45, 7) is 0.522. The Balaban J connectivity index is 1.56. The maximum atomic E-state index is 12.6. The van der Waals surface area contributed by atoms with Gasteiger partial charge in [-0.15, -0.1) is 0 Å². The lowest BCUT2D eigenvalue weighted by molar-refractivity contribution is 0.0923. The molecular weight excluding hydrogens is 364 g/mol. The van der Waals surface area contributed by atoms with Crippen molar-refractivity contribution in [3.63, 3.8) is 0 Å². The van der Waals surface area contributed by atoms with Gasteiger partial charge in [-0.05, 0) is 35.9 Å². The van der Waals surface area contributed by atoms with Crippen LogP contribution in [-0.4, -0.2) is 17.5 Å². The number of amides is 1. The van der Waals surface area contributed by atoms with Crippen molar-refractivity contribution < 1.29 is 9.53 Å². The molecule has 0 saturated carbocycles. The fourth-order valence-electron chi connectivity index (χ4n) is 3.18. The Morgan fingerprint density at radius 2 is 1.85 bits per heavy atom. The van der Waals surface area contributed by atoms with E-state index in [0.717, 1.165) is 16.9 Å². The van der Waals surface area contributed by atoms with Gasteiger partial charge in [0, 0.05) is 22.7 Å². The average molecular weight is 381 g/mol. The monoisotopic (exact) mass is 380 g/mol. The van der Waals surface area contributed by atoms with Gasteiger partial charge in [-0.1, -0.05) is 41.9 Å². The molecule has 0 aliphatic carbocycles. The molecule has 136 valence electrons. The van der Waals surface area contributed by atoms with Crippen LogP contribution in [0.4, 0.5) is 0 Å². The van der Waals surface area contributed by atoms with E-state index in [0.29, 0.717) is 23.7 Å². The summed E-state index contributed by atoms with van der Waals surface area (Å²) in [5.41, 5.74) is 2.02. The lowest BCUT2D eigenvalue weighted by Crippen LogP contribution is -2.35. The number of para-hydroxylation sites is 1. The third kappa shape index (κ3) is 3.59. The Labute approximate surface area is 161 Å². The van der Waals surface area contributed by atoms with Crippen molar-refractivity contribution >= 4 is 17.5 Å². The van der Waals surface area contributed by atoms with Crippen molar-refractivity contribution in [2.24, 2.45) is 0 Å². The maximum absolute atomic E-state index is 12.6. The summed E-state index contributed by atoms with van der Waals surface area (Å²) in [6, 6.07) is 17.8. The molecule has 6 heteroatoms. The van der Waals surface area contributed by atoms with Crippen molar-refractivity contribution in [3.05, 3.63) is 87.2 Å². The predicted molar refractivity (Wildman–Crippen MR) is 104 cm³/mol. The second-order valence-corrected chi connectivity index (χ2v) is 6.76. The zero-order valence-electron chi connectivity index (χ0n) is 14.4. The number of ether oxygens (including phenoxy) is 1. The summed E-state index contributed by atoms with van der Waals surface area (Å²) < 4.78 is 5.61. The van der Waals surface area contributed by atoms with Gasteiger partial charge in [-0.25, -0.2) is 0 Å². The third-order valence-corrected chi connectivity index (χ3v) is 4.83. The highest BCUT2D eigenvalue weighted by Crippen LogP contribution is 2.31. The number of H-pyrrole nitrogens is 1. The van der Waals surface area contributed by atoms with E-state index in [1.165, 1.54) is 0 Å². The fraction of sp³-hybridized carbons (Fsp3) is 0.143. The summed E-state index contributed by atoms with van der Waals surface area (Å²) >= 11 is 5.89. The van der Waals surface area contributed by atoms with Gasteiger partial charge in [-0.2, -0.15) is 0 Å². The number of aromatic nitrogens is 1. The van der Waals surface area contributed by atoms with Crippen LogP contribution in [-0.2, 0) is 0 Å². The van der Waals surface area contributed by atoms with Crippen LogP contribution in [0.5, 0.6) is 5.75 Å². The minimum Gasteiger partial charge on any atom is -0.493 e. The Morgan fingerprint density at radius 3 is 2.63 bits per heavy atom. The SMILES string of the molecule is O=C(N[C@@H]1CCOc2ccccc21)c1ccc(-c2ccc(Cl)cc2)[nH]c1=O. The van der Waals surface area contributed by atoms with Crippen molar-refractivity contribution in [3.8, 4) is 17.0 Å². The van der Waals surface area contributed by atoms with Gasteiger partial charge in [0.05, 0.1) is 12.6 Å². The van der Waals surface area contributed by atoms with Crippen molar-refractivity contribution in [1.82, 2.24) is 10.3 Å². The number of fused-ring (bicyclic) bond motifs is 1. The second-order valence-electron chi connectivity index (χ2n) is 6.32. The Morgan fingerprint density at radius 1 is 1.07 bits per heavy atom. The molecule has 0 bridgehead atoms. The first-order valence-corrected chi connectivity index (χ1v) is 9.01. The van der Waals surface area contributed by atoms with Gasteiger partial charge >= 0.3 is 0 Å². The predicted octanol–water partition coefficient (Wildman–Crippen LogP) is 3.95. The van der Waals surface area contributed by atoms with E-state index < -0.39 is 11.5 Å². The number of carbonyl (C=O) groups is 1. The zero-order chi connectivity index (χ0) is 18.8. The summed E-state index contributed by atoms with van der Waals surface area (Å²) in [4.78, 5) is 27.9. The first kappa shape index (κ1) is 17.4. The number of hydrogen-bond donors (Lipinski definition) is 2. The van der Waals surface area contributed by atoms with Crippen LogP contribution in [0.25, 0.3) is 11.3 Å². The molecule has 1 aliphatic rings. The minimum atomic E-state index is -0.430. The topological polar surface area (TPSA) is 71.2 Å². The molecule has 0 radical (unpaired) electrons. The van der Waals surface area contributed by atoms with Gasteiger partial charge < -0.3 is 15.0 Å². The van der Waals surface area contributed by atoms with Gasteiger partial charge in [0.25, 0.3) is 11.5 Å². The van der Waals surface area contributed by atoms with E-state index in [1.807, 2.05) is 36.4 Å². The highest BCUT2D eigenvalue weighted by atomic mass is 35.5. The number of carbonyl (C=O) groups excluding carboxylic acids is 1. The van der Waals surface area contributed by atoms with E-state index in [9.17, 15) is 9.59 Å². The smallest absolute Gasteiger partial charge is 0.261 e. The second kappa shape index (κ2) is 7.29. The Kier molecular flexibility index (Phi) is 4.69. The maximum Gasteiger partial charge on any atom is 0.261 e. The van der Waals surface area contributed by atoms with Crippen LogP contribution in [0.15, 0.2) is 65.5 Å². The van der Waals surface area contributed by atoms with E-state index in [2.05, 4.69) is 10.3 Å². The van der Waals surface area contributed by atoms with E-state index in [1.54, 1.807) is 24.3 Å². The quantitative estimate of drug-likeness (QED) is 0.722. The van der Waals surface area contributed by atoms with Crippen LogP contribution in [0.1, 0.15) is 28.4 Å². The minimum absolute atomic E-state index is 0.0803. The first-order chi connectivity index (χ1) is 13.1. The Bertz CT molecular complexity index is 1040. The molecule has 0 unspecified atom stereocenters. The van der Waals surface area contributed by atoms with Crippen molar-refractivity contribution in [2.75, 3.05) is 6.61 Å². The fourth-order valence-corrected chi connectivity index (χ4v) is 3.30. The van der Waals surface area contributed by atoms with E-state index in [-0.39, 0.29) is 11.6 Å². The summed E-state index contributed by atoms with van der Waals surface area (Å²) in [7, 11) is 0. The van der Waals surface area contributed by atoms with E-state index in [4.69, 9.17) is 16.3 Å². The van der Waals surface area contributed by atoms with Crippen LogP contribution >= 0.6 is 11.6 Å². The summed E-state index contributed by atoms with van der Waals surface area (Å²) in [6.07, 6.45) is 0.656. The molecule has 1 atom stereocenters. The largest absolute Gasteiger partial charge is 0.493 e. The molecule has 1 aromatic heterocycles. The molecule has 2 heterocycles. The number of hydrogen-bond acceptors (Lipinski definition) is 3. The van der Waals surface area contributed by atoms with Crippen LogP contribution < -0.4 is 15.6 Å². The molecule has 27 heavy (non-hydrogen) atoms. The number of nitrogens with one attached hydrogen (secondary N) is 2. The normalized spacial score (nSPS) is 15.5. The van der Waals surface area contributed by atoms with Crippen molar-refractivity contribution in [2.45, 2.75) is 12.5 Å². The molecular formula is C21H17ClN2O3. The van der Waals surface area contributed by atoms with Gasteiger partial charge in [0.1, 0.15) is 11.3 Å². The summed E-state index contributed by atoms with van der Waals surface area (Å²) in [5.74, 6) is 0.363. The van der Waals surface area contributed by atoms with Crippen molar-refractivity contribution in [1.29, 1.82) is 0 Å². The number of pyridine rings is 1. The lowest BCUT2D eigenvalue weighted by atomic mass is 10.00. The molecule has 1 amide bonds. The summed E-state index contributed by atoms with van der Waals surface area (Å²) in [5, 5.41) is 3.56. The third-order valence-electron chi connectivity index (χ3n) is 4.57. The molecule has 0 spiro atoms. The van der Waals surface area contributed by atoms with E-state index >= 15 is 0 Å². The molecule has 2 aromatic carbocycles. The molecule has 2 N–H and O–H groups in total. The highest BCUT2D eigenvalue weighted by molar-refractivity contribution is 6.30. The number of aromatic amines is 1. The number of benzene rings is 2. The van der Waals surface area contributed by atoms with Gasteiger partial charge in [-0.3, -0.25) is 9.59 Å². The zero-order valence-corrected chi connectivity index (χ0v) is 15.1. The molecule has 0 saturated heterocycles. The standard InChI is InChI=1S/C21H17ClN2O3/c22-14-7-5-13(6-8-14)17-10-9-16(20(25)23-17)21(26)24-18-11-12-27-19-4-2-1-3-15(18)19/h1-10,18H,11-12H2,(H,23,25)(H,24,26)/t18-/m1/s1. The first-order valence-electron chi connectivity index (χ1n) is 8.64. The number of rotatable bonds is 3. The average Bonchev–Trinajstić information content (AvgIpc) is 2.68. The molecule has 1 aliphatic heterocycles. The van der Waals surface area contributed by atoms with Gasteiger partial charge in [0.15, 0.2) is 0 Å². The highest BCUT2D eigenvalue weighted by Gasteiger charge is 2.24. The lowest BCUT2D eigenvalue weighted by Gasteiger charge is -2.26. The Hall–Kier alpha value is -3.05. The molecule has 4 rings (SSSR count). The molecule has 0 fully saturated rings. The van der Waals surface area contributed by atoms with Crippen LogP contribution in [0, 0.1) is 0 Å². The van der Waals surface area contributed by atoms with Crippen LogP contribution in [0.3, 0.4) is 0 Å². The van der Waals surface area contributed by atoms with Gasteiger partial charge in [0.2, 0.25) is 0 Å². The number of halogens is 1. The molecule has 5 nitrogen and oxygen atoms in total. The molecule has 3 aromatic rings. The van der Waals surface area contributed by atoms with Crippen LogP contribution in [0.2, 0.25) is 5.02 Å².